The highest BCUT2D eigenvalue weighted by Gasteiger charge is 2.19. The molecular formula is C12H15NO3S. The Morgan fingerprint density at radius 2 is 2.29 bits per heavy atom. The molecule has 0 aliphatic heterocycles. The number of hydrogen-bond donors (Lipinski definition) is 2. The number of hydrogen-bond acceptors (Lipinski definition) is 3. The molecule has 0 aliphatic rings. The van der Waals surface area contributed by atoms with Crippen LogP contribution >= 0.6 is 11.3 Å². The summed E-state index contributed by atoms with van der Waals surface area (Å²) in [5.41, 5.74) is 0. The first kappa shape index (κ1) is 13.4. The third-order valence-corrected chi connectivity index (χ3v) is 3.47. The Kier molecular flexibility index (Phi) is 4.90. The highest BCUT2D eigenvalue weighted by molar-refractivity contribution is 7.14. The molecule has 0 saturated carbocycles. The topological polar surface area (TPSA) is 66.4 Å². The van der Waals surface area contributed by atoms with Crippen molar-refractivity contribution in [3.05, 3.63) is 34.5 Å². The fraction of sp³-hybridized carbons (Fsp3) is 0.333. The van der Waals surface area contributed by atoms with Crippen LogP contribution in [0.5, 0.6) is 0 Å². The minimum Gasteiger partial charge on any atom is -0.480 e. The molecule has 1 amide bonds. The lowest BCUT2D eigenvalue weighted by molar-refractivity contribution is -0.139. The lowest BCUT2D eigenvalue weighted by Gasteiger charge is -2.11. The van der Waals surface area contributed by atoms with Crippen molar-refractivity contribution in [3.8, 4) is 0 Å². The normalized spacial score (nSPS) is 11.8. The first-order chi connectivity index (χ1) is 8.08. The monoisotopic (exact) mass is 253 g/mol. The molecule has 0 aromatic carbocycles. The molecule has 0 fully saturated rings. The van der Waals surface area contributed by atoms with E-state index in [1.807, 2.05) is 13.0 Å². The van der Waals surface area contributed by atoms with Gasteiger partial charge in [0, 0.05) is 4.88 Å². The van der Waals surface area contributed by atoms with Crippen LogP contribution < -0.4 is 5.32 Å². The van der Waals surface area contributed by atoms with E-state index in [1.54, 1.807) is 6.07 Å². The van der Waals surface area contributed by atoms with E-state index >= 15 is 0 Å². The number of amides is 1. The second-order valence-corrected chi connectivity index (χ2v) is 4.68. The average molecular weight is 253 g/mol. The van der Waals surface area contributed by atoms with E-state index in [0.717, 1.165) is 11.3 Å². The second-order valence-electron chi connectivity index (χ2n) is 3.51. The highest BCUT2D eigenvalue weighted by atomic mass is 32.1. The van der Waals surface area contributed by atoms with Gasteiger partial charge in [-0.1, -0.05) is 13.0 Å². The van der Waals surface area contributed by atoms with Crippen LogP contribution in [0.2, 0.25) is 0 Å². The maximum Gasteiger partial charge on any atom is 0.326 e. The summed E-state index contributed by atoms with van der Waals surface area (Å²) in [5, 5.41) is 11.4. The SMILES string of the molecule is C=CCC(NC(=O)c1ccc(CC)s1)C(=O)O. The number of aliphatic carboxylic acids is 1. The van der Waals surface area contributed by atoms with Gasteiger partial charge in [-0.05, 0) is 25.0 Å². The van der Waals surface area contributed by atoms with Crippen LogP contribution in [0.25, 0.3) is 0 Å². The summed E-state index contributed by atoms with van der Waals surface area (Å²) >= 11 is 1.38. The molecule has 2 N–H and O–H groups in total. The molecule has 92 valence electrons. The van der Waals surface area contributed by atoms with Crippen LogP contribution in [0.15, 0.2) is 24.8 Å². The minimum atomic E-state index is -1.05. The number of rotatable bonds is 6. The molecule has 0 saturated heterocycles. The summed E-state index contributed by atoms with van der Waals surface area (Å²) < 4.78 is 0. The second kappa shape index (κ2) is 6.20. The summed E-state index contributed by atoms with van der Waals surface area (Å²) in [6, 6.07) is 2.68. The van der Waals surface area contributed by atoms with Gasteiger partial charge in [-0.15, -0.1) is 17.9 Å². The van der Waals surface area contributed by atoms with Crippen LogP contribution in [0, 0.1) is 0 Å². The molecule has 1 aromatic rings. The Hall–Kier alpha value is -1.62. The van der Waals surface area contributed by atoms with E-state index in [9.17, 15) is 9.59 Å². The van der Waals surface area contributed by atoms with Gasteiger partial charge in [-0.3, -0.25) is 4.79 Å². The number of thiophene rings is 1. The number of carboxylic acids is 1. The van der Waals surface area contributed by atoms with Crippen molar-refractivity contribution >= 4 is 23.2 Å². The third kappa shape index (κ3) is 3.71. The molecule has 17 heavy (non-hydrogen) atoms. The summed E-state index contributed by atoms with van der Waals surface area (Å²) in [4.78, 5) is 24.3. The van der Waals surface area contributed by atoms with Crippen molar-refractivity contribution in [2.24, 2.45) is 0 Å². The Morgan fingerprint density at radius 3 is 2.76 bits per heavy atom. The molecule has 0 bridgehead atoms. The lowest BCUT2D eigenvalue weighted by atomic mass is 10.2. The van der Waals surface area contributed by atoms with Crippen molar-refractivity contribution < 1.29 is 14.7 Å². The van der Waals surface area contributed by atoms with Crippen LogP contribution in [-0.2, 0) is 11.2 Å². The van der Waals surface area contributed by atoms with Crippen molar-refractivity contribution in [1.82, 2.24) is 5.32 Å². The Bertz CT molecular complexity index is 425. The highest BCUT2D eigenvalue weighted by Crippen LogP contribution is 2.16. The van der Waals surface area contributed by atoms with Gasteiger partial charge in [0.15, 0.2) is 0 Å². The fourth-order valence-corrected chi connectivity index (χ4v) is 2.16. The van der Waals surface area contributed by atoms with Gasteiger partial charge in [-0.2, -0.15) is 0 Å². The van der Waals surface area contributed by atoms with Gasteiger partial charge in [0.2, 0.25) is 0 Å². The zero-order valence-corrected chi connectivity index (χ0v) is 10.4. The third-order valence-electron chi connectivity index (χ3n) is 2.24. The van der Waals surface area contributed by atoms with Crippen molar-refractivity contribution in [2.45, 2.75) is 25.8 Å². The molecule has 1 unspecified atom stereocenters. The molecule has 1 aromatic heterocycles. The maximum absolute atomic E-state index is 11.8. The number of aryl methyl sites for hydroxylation is 1. The van der Waals surface area contributed by atoms with E-state index < -0.39 is 12.0 Å². The number of carbonyl (C=O) groups is 2. The Morgan fingerprint density at radius 1 is 1.59 bits per heavy atom. The summed E-state index contributed by atoms with van der Waals surface area (Å²) in [5.74, 6) is -1.39. The molecular weight excluding hydrogens is 238 g/mol. The summed E-state index contributed by atoms with van der Waals surface area (Å²) in [6.45, 7) is 5.47. The van der Waals surface area contributed by atoms with E-state index in [-0.39, 0.29) is 12.3 Å². The maximum atomic E-state index is 11.8. The van der Waals surface area contributed by atoms with Gasteiger partial charge < -0.3 is 10.4 Å². The van der Waals surface area contributed by atoms with Gasteiger partial charge in [0.1, 0.15) is 6.04 Å². The lowest BCUT2D eigenvalue weighted by Crippen LogP contribution is -2.40. The van der Waals surface area contributed by atoms with Crippen LogP contribution in [-0.4, -0.2) is 23.0 Å². The van der Waals surface area contributed by atoms with E-state index in [1.165, 1.54) is 17.4 Å². The molecule has 0 radical (unpaired) electrons. The van der Waals surface area contributed by atoms with Gasteiger partial charge in [-0.25, -0.2) is 4.79 Å². The largest absolute Gasteiger partial charge is 0.480 e. The van der Waals surface area contributed by atoms with E-state index in [4.69, 9.17) is 5.11 Å². The van der Waals surface area contributed by atoms with Gasteiger partial charge in [0.25, 0.3) is 5.91 Å². The zero-order chi connectivity index (χ0) is 12.8. The predicted octanol–water partition coefficient (Wildman–Crippen LogP) is 2.07. The smallest absolute Gasteiger partial charge is 0.326 e. The molecule has 0 spiro atoms. The number of nitrogens with one attached hydrogen (secondary N) is 1. The molecule has 1 rings (SSSR count). The molecule has 4 nitrogen and oxygen atoms in total. The average Bonchev–Trinajstić information content (AvgIpc) is 2.76. The van der Waals surface area contributed by atoms with Crippen LogP contribution in [0.3, 0.4) is 0 Å². The van der Waals surface area contributed by atoms with Gasteiger partial charge in [0.05, 0.1) is 4.88 Å². The predicted molar refractivity (Wildman–Crippen MR) is 67.4 cm³/mol. The molecule has 1 atom stereocenters. The first-order valence-electron chi connectivity index (χ1n) is 5.31. The summed E-state index contributed by atoms with van der Waals surface area (Å²) in [7, 11) is 0. The quantitative estimate of drug-likeness (QED) is 0.763. The van der Waals surface area contributed by atoms with E-state index in [0.29, 0.717) is 4.88 Å². The molecule has 5 heteroatoms. The first-order valence-corrected chi connectivity index (χ1v) is 6.13. The molecule has 0 aliphatic carbocycles. The van der Waals surface area contributed by atoms with Crippen molar-refractivity contribution in [3.63, 3.8) is 0 Å². The fourth-order valence-electron chi connectivity index (χ4n) is 1.31. The standard InChI is InChI=1S/C12H15NO3S/c1-3-5-9(12(15)16)13-11(14)10-7-6-8(4-2)17-10/h3,6-7,9H,1,4-5H2,2H3,(H,13,14)(H,15,16). The summed E-state index contributed by atoms with van der Waals surface area (Å²) in [6.07, 6.45) is 2.56. The van der Waals surface area contributed by atoms with E-state index in [2.05, 4.69) is 11.9 Å². The minimum absolute atomic E-state index is 0.215. The van der Waals surface area contributed by atoms with Crippen LogP contribution in [0.1, 0.15) is 27.9 Å². The molecule has 1 heterocycles. The van der Waals surface area contributed by atoms with Crippen molar-refractivity contribution in [2.75, 3.05) is 0 Å². The number of carbonyl (C=O) groups excluding carboxylic acids is 1. The Labute approximate surface area is 104 Å². The zero-order valence-electron chi connectivity index (χ0n) is 9.60. The number of carboxylic acid groups (broad SMARTS) is 1. The van der Waals surface area contributed by atoms with Crippen molar-refractivity contribution in [1.29, 1.82) is 0 Å². The Balaban J connectivity index is 2.69. The van der Waals surface area contributed by atoms with Gasteiger partial charge >= 0.3 is 5.97 Å². The van der Waals surface area contributed by atoms with Crippen LogP contribution in [0.4, 0.5) is 0 Å².